The minimum absolute atomic E-state index is 0.204. The number of benzene rings is 2. The van der Waals surface area contributed by atoms with Gasteiger partial charge in [-0.3, -0.25) is 4.79 Å². The van der Waals surface area contributed by atoms with E-state index in [9.17, 15) is 14.0 Å². The summed E-state index contributed by atoms with van der Waals surface area (Å²) in [6.07, 6.45) is 0. The Kier molecular flexibility index (Phi) is 5.25. The van der Waals surface area contributed by atoms with Gasteiger partial charge in [-0.1, -0.05) is 5.16 Å². The lowest BCUT2D eigenvalue weighted by Gasteiger charge is -2.11. The smallest absolute Gasteiger partial charge is 0.336 e. The molecule has 0 bridgehead atoms. The molecular weight excluding hydrogens is 393 g/mol. The molecule has 1 atom stereocenters. The number of rotatable bonds is 6. The number of nitrogens with one attached hydrogen (secondary N) is 1. The molecule has 9 heteroatoms. The molecule has 0 spiro atoms. The molecule has 0 aliphatic heterocycles. The third-order valence-corrected chi connectivity index (χ3v) is 4.26. The number of fused-ring (bicyclic) bond motifs is 1. The Morgan fingerprint density at radius 3 is 2.73 bits per heavy atom. The molecule has 0 saturated carbocycles. The van der Waals surface area contributed by atoms with E-state index in [0.29, 0.717) is 22.7 Å². The summed E-state index contributed by atoms with van der Waals surface area (Å²) in [6.45, 7) is 1.43. The zero-order valence-electron chi connectivity index (χ0n) is 15.8. The summed E-state index contributed by atoms with van der Waals surface area (Å²) < 4.78 is 28.8. The Hall–Kier alpha value is -4.01. The number of ether oxygens (including phenoxy) is 1. The van der Waals surface area contributed by atoms with Crippen LogP contribution in [0.3, 0.4) is 0 Å². The molecule has 0 aliphatic rings. The molecule has 4 rings (SSSR count). The van der Waals surface area contributed by atoms with Gasteiger partial charge in [-0.25, -0.2) is 9.18 Å². The molecule has 0 radical (unpaired) electrons. The van der Waals surface area contributed by atoms with Crippen LogP contribution in [0.15, 0.2) is 68.3 Å². The second-order valence-electron chi connectivity index (χ2n) is 6.50. The van der Waals surface area contributed by atoms with Gasteiger partial charge in [0.1, 0.15) is 23.2 Å². The van der Waals surface area contributed by atoms with E-state index in [4.69, 9.17) is 13.7 Å². The van der Waals surface area contributed by atoms with Crippen molar-refractivity contribution in [1.82, 2.24) is 15.5 Å². The van der Waals surface area contributed by atoms with Crippen LogP contribution in [0.2, 0.25) is 0 Å². The van der Waals surface area contributed by atoms with Gasteiger partial charge in [-0.05, 0) is 49.4 Å². The van der Waals surface area contributed by atoms with Gasteiger partial charge in [-0.15, -0.1) is 0 Å². The summed E-state index contributed by atoms with van der Waals surface area (Å²) >= 11 is 0. The fourth-order valence-corrected chi connectivity index (χ4v) is 2.75. The van der Waals surface area contributed by atoms with Crippen LogP contribution in [-0.4, -0.2) is 22.7 Å². The van der Waals surface area contributed by atoms with Gasteiger partial charge in [0.25, 0.3) is 5.91 Å². The highest BCUT2D eigenvalue weighted by Crippen LogP contribution is 2.20. The standard InChI is InChI=1S/C21H16FN3O5/c1-12(21-24-20(25-30-21)14-2-6-15(22)7-3-14)23-18(26)11-28-16-8-4-13-5-9-19(27)29-17(13)10-16/h2-10,12H,11H2,1H3,(H,23,26). The van der Waals surface area contributed by atoms with Gasteiger partial charge >= 0.3 is 5.63 Å². The first-order valence-corrected chi connectivity index (χ1v) is 9.03. The number of carbonyl (C=O) groups is 1. The number of halogens is 1. The molecular formula is C21H16FN3O5. The molecule has 8 nitrogen and oxygen atoms in total. The van der Waals surface area contributed by atoms with E-state index in [1.807, 2.05) is 0 Å². The predicted molar refractivity (Wildman–Crippen MR) is 104 cm³/mol. The maximum atomic E-state index is 13.0. The van der Waals surface area contributed by atoms with Gasteiger partial charge < -0.3 is 19.0 Å². The maximum Gasteiger partial charge on any atom is 0.336 e. The number of hydrogen-bond donors (Lipinski definition) is 1. The third-order valence-electron chi connectivity index (χ3n) is 4.26. The Bertz CT molecular complexity index is 1250. The normalized spacial score (nSPS) is 11.9. The molecule has 2 aromatic heterocycles. The fraction of sp³-hybridized carbons (Fsp3) is 0.143. The van der Waals surface area contributed by atoms with E-state index >= 15 is 0 Å². The summed E-state index contributed by atoms with van der Waals surface area (Å²) in [5, 5.41) is 7.28. The number of nitrogens with zero attached hydrogens (tertiary/aromatic N) is 2. The van der Waals surface area contributed by atoms with Gasteiger partial charge in [0.05, 0.1) is 0 Å². The second kappa shape index (κ2) is 8.16. The van der Waals surface area contributed by atoms with Gasteiger partial charge in [-0.2, -0.15) is 4.98 Å². The second-order valence-corrected chi connectivity index (χ2v) is 6.50. The maximum absolute atomic E-state index is 13.0. The first-order valence-electron chi connectivity index (χ1n) is 9.03. The average molecular weight is 409 g/mol. The van der Waals surface area contributed by atoms with Crippen LogP contribution in [-0.2, 0) is 4.79 Å². The van der Waals surface area contributed by atoms with E-state index in [0.717, 1.165) is 5.39 Å². The average Bonchev–Trinajstić information content (AvgIpc) is 3.23. The zero-order valence-corrected chi connectivity index (χ0v) is 15.8. The molecule has 4 aromatic rings. The first kappa shape index (κ1) is 19.3. The van der Waals surface area contributed by atoms with E-state index in [1.165, 1.54) is 30.3 Å². The molecule has 0 aliphatic carbocycles. The van der Waals surface area contributed by atoms with E-state index in [2.05, 4.69) is 15.5 Å². The Balaban J connectivity index is 1.36. The highest BCUT2D eigenvalue weighted by Gasteiger charge is 2.18. The Labute approximate surface area is 169 Å². The van der Waals surface area contributed by atoms with Crippen LogP contribution < -0.4 is 15.7 Å². The summed E-state index contributed by atoms with van der Waals surface area (Å²) in [5.41, 5.74) is 0.495. The van der Waals surface area contributed by atoms with Crippen molar-refractivity contribution >= 4 is 16.9 Å². The fourth-order valence-electron chi connectivity index (χ4n) is 2.75. The number of hydrogen-bond acceptors (Lipinski definition) is 7. The van der Waals surface area contributed by atoms with Crippen molar-refractivity contribution in [3.05, 3.63) is 76.7 Å². The van der Waals surface area contributed by atoms with Gasteiger partial charge in [0, 0.05) is 23.1 Å². The van der Waals surface area contributed by atoms with Crippen molar-refractivity contribution in [3.63, 3.8) is 0 Å². The summed E-state index contributed by atoms with van der Waals surface area (Å²) in [6, 6.07) is 13.0. The molecule has 0 saturated heterocycles. The minimum atomic E-state index is -0.558. The zero-order chi connectivity index (χ0) is 21.1. The van der Waals surface area contributed by atoms with E-state index in [-0.39, 0.29) is 18.3 Å². The lowest BCUT2D eigenvalue weighted by Crippen LogP contribution is -2.31. The minimum Gasteiger partial charge on any atom is -0.484 e. The molecule has 30 heavy (non-hydrogen) atoms. The van der Waals surface area contributed by atoms with Crippen molar-refractivity contribution in [2.24, 2.45) is 0 Å². The highest BCUT2D eigenvalue weighted by atomic mass is 19.1. The molecule has 2 aromatic carbocycles. The van der Waals surface area contributed by atoms with Crippen molar-refractivity contribution in [3.8, 4) is 17.1 Å². The summed E-state index contributed by atoms with van der Waals surface area (Å²) in [4.78, 5) is 27.7. The van der Waals surface area contributed by atoms with Crippen molar-refractivity contribution in [1.29, 1.82) is 0 Å². The Morgan fingerprint density at radius 1 is 1.17 bits per heavy atom. The van der Waals surface area contributed by atoms with Crippen LogP contribution in [0.4, 0.5) is 4.39 Å². The van der Waals surface area contributed by atoms with Crippen LogP contribution in [0.25, 0.3) is 22.4 Å². The third kappa shape index (κ3) is 4.35. The number of amides is 1. The SMILES string of the molecule is CC(NC(=O)COc1ccc2ccc(=O)oc2c1)c1nc(-c2ccc(F)cc2)no1. The topological polar surface area (TPSA) is 107 Å². The number of carbonyl (C=O) groups excluding carboxylic acids is 1. The lowest BCUT2D eigenvalue weighted by atomic mass is 10.2. The van der Waals surface area contributed by atoms with Crippen molar-refractivity contribution in [2.45, 2.75) is 13.0 Å². The molecule has 152 valence electrons. The first-order chi connectivity index (χ1) is 14.5. The van der Waals surface area contributed by atoms with Gasteiger partial charge in [0.2, 0.25) is 11.7 Å². The molecule has 1 amide bonds. The van der Waals surface area contributed by atoms with Crippen molar-refractivity contribution < 1.29 is 22.9 Å². The van der Waals surface area contributed by atoms with E-state index < -0.39 is 17.6 Å². The lowest BCUT2D eigenvalue weighted by molar-refractivity contribution is -0.123. The molecule has 2 heterocycles. The quantitative estimate of drug-likeness (QED) is 0.487. The molecule has 0 fully saturated rings. The van der Waals surface area contributed by atoms with Crippen LogP contribution >= 0.6 is 0 Å². The van der Waals surface area contributed by atoms with Crippen LogP contribution in [0.5, 0.6) is 5.75 Å². The van der Waals surface area contributed by atoms with Gasteiger partial charge in [0.15, 0.2) is 6.61 Å². The summed E-state index contributed by atoms with van der Waals surface area (Å²) in [7, 11) is 0. The van der Waals surface area contributed by atoms with Crippen LogP contribution in [0, 0.1) is 5.82 Å². The predicted octanol–water partition coefficient (Wildman–Crippen LogP) is 3.24. The molecule has 1 N–H and O–H groups in total. The monoisotopic (exact) mass is 409 g/mol. The molecule has 1 unspecified atom stereocenters. The number of aromatic nitrogens is 2. The van der Waals surface area contributed by atoms with E-state index in [1.54, 1.807) is 31.2 Å². The van der Waals surface area contributed by atoms with Crippen molar-refractivity contribution in [2.75, 3.05) is 6.61 Å². The summed E-state index contributed by atoms with van der Waals surface area (Å²) in [5.74, 6) is 0.112. The Morgan fingerprint density at radius 2 is 1.93 bits per heavy atom. The highest BCUT2D eigenvalue weighted by molar-refractivity contribution is 5.79. The van der Waals surface area contributed by atoms with Crippen LogP contribution in [0.1, 0.15) is 18.9 Å². The largest absolute Gasteiger partial charge is 0.484 e.